The highest BCUT2D eigenvalue weighted by Crippen LogP contribution is 1.89. The van der Waals surface area contributed by atoms with Gasteiger partial charge in [-0.15, -0.1) is 0 Å². The van der Waals surface area contributed by atoms with E-state index in [1.54, 1.807) is 0 Å². The third-order valence-corrected chi connectivity index (χ3v) is 1.36. The van der Waals surface area contributed by atoms with Crippen molar-refractivity contribution in [2.24, 2.45) is 0 Å². The first-order chi connectivity index (χ1) is 5.16. The van der Waals surface area contributed by atoms with Crippen LogP contribution in [0.2, 0.25) is 0 Å². The molecule has 0 bridgehead atoms. The molecule has 1 N–H and O–H groups in total. The first kappa shape index (κ1) is 13.3. The Labute approximate surface area is 71.9 Å². The van der Waals surface area contributed by atoms with Gasteiger partial charge in [-0.2, -0.15) is 0 Å². The second-order valence-electron chi connectivity index (χ2n) is 2.65. The number of hydrogen-bond acceptors (Lipinski definition) is 1. The van der Waals surface area contributed by atoms with E-state index in [1.165, 1.54) is 12.0 Å². The van der Waals surface area contributed by atoms with Crippen molar-refractivity contribution in [3.05, 3.63) is 12.2 Å². The lowest BCUT2D eigenvalue weighted by molar-refractivity contribution is 0.560. The Balaban J connectivity index is 0. The SMILES string of the molecule is C=C(C)CNC(C)CC.CC. The third kappa shape index (κ3) is 12.8. The summed E-state index contributed by atoms with van der Waals surface area (Å²) in [6.45, 7) is 15.1. The molecule has 0 amide bonds. The maximum atomic E-state index is 3.80. The second-order valence-corrected chi connectivity index (χ2v) is 2.65. The molecule has 0 aliphatic carbocycles. The van der Waals surface area contributed by atoms with Gasteiger partial charge in [-0.3, -0.25) is 0 Å². The summed E-state index contributed by atoms with van der Waals surface area (Å²) >= 11 is 0. The van der Waals surface area contributed by atoms with Crippen molar-refractivity contribution in [2.45, 2.75) is 47.1 Å². The van der Waals surface area contributed by atoms with E-state index in [0.29, 0.717) is 6.04 Å². The lowest BCUT2D eigenvalue weighted by Gasteiger charge is -2.09. The van der Waals surface area contributed by atoms with E-state index in [9.17, 15) is 0 Å². The van der Waals surface area contributed by atoms with E-state index in [4.69, 9.17) is 0 Å². The van der Waals surface area contributed by atoms with Crippen molar-refractivity contribution in [3.8, 4) is 0 Å². The van der Waals surface area contributed by atoms with Crippen LogP contribution in [0.5, 0.6) is 0 Å². The molecule has 0 aromatic heterocycles. The van der Waals surface area contributed by atoms with Gasteiger partial charge in [0.1, 0.15) is 0 Å². The molecule has 0 aromatic carbocycles. The summed E-state index contributed by atoms with van der Waals surface area (Å²) in [5, 5.41) is 3.33. The molecule has 0 saturated heterocycles. The smallest absolute Gasteiger partial charge is 0.0161 e. The summed E-state index contributed by atoms with van der Waals surface area (Å²) in [6, 6.07) is 0.627. The van der Waals surface area contributed by atoms with Crippen LogP contribution < -0.4 is 5.32 Å². The molecule has 1 atom stereocenters. The summed E-state index contributed by atoms with van der Waals surface area (Å²) < 4.78 is 0. The first-order valence-electron chi connectivity index (χ1n) is 4.54. The predicted octanol–water partition coefficient (Wildman–Crippen LogP) is 2.98. The maximum Gasteiger partial charge on any atom is 0.0161 e. The molecule has 68 valence electrons. The van der Waals surface area contributed by atoms with Crippen molar-refractivity contribution in [2.75, 3.05) is 6.54 Å². The minimum Gasteiger partial charge on any atom is -0.311 e. The molecule has 0 aliphatic heterocycles. The van der Waals surface area contributed by atoms with Gasteiger partial charge in [0.05, 0.1) is 0 Å². The molecule has 0 aliphatic rings. The molecule has 0 radical (unpaired) electrons. The van der Waals surface area contributed by atoms with E-state index in [1.807, 2.05) is 20.8 Å². The van der Waals surface area contributed by atoms with Crippen molar-refractivity contribution >= 4 is 0 Å². The topological polar surface area (TPSA) is 12.0 Å². The van der Waals surface area contributed by atoms with Gasteiger partial charge in [0.25, 0.3) is 0 Å². The molecule has 11 heavy (non-hydrogen) atoms. The lowest BCUT2D eigenvalue weighted by atomic mass is 10.2. The van der Waals surface area contributed by atoms with Gasteiger partial charge in [0.15, 0.2) is 0 Å². The zero-order chi connectivity index (χ0) is 9.28. The minimum atomic E-state index is 0.627. The van der Waals surface area contributed by atoms with E-state index in [0.717, 1.165) is 6.54 Å². The molecule has 0 aromatic rings. The Bertz CT molecular complexity index is 86.9. The quantitative estimate of drug-likeness (QED) is 0.619. The van der Waals surface area contributed by atoms with Crippen LogP contribution in [0.15, 0.2) is 12.2 Å². The Kier molecular flexibility index (Phi) is 11.7. The monoisotopic (exact) mass is 157 g/mol. The average molecular weight is 157 g/mol. The van der Waals surface area contributed by atoms with Crippen LogP contribution in [-0.4, -0.2) is 12.6 Å². The molecule has 0 heterocycles. The summed E-state index contributed by atoms with van der Waals surface area (Å²) in [6.07, 6.45) is 1.19. The highest BCUT2D eigenvalue weighted by Gasteiger charge is 1.94. The van der Waals surface area contributed by atoms with Gasteiger partial charge in [0, 0.05) is 12.6 Å². The van der Waals surface area contributed by atoms with Crippen LogP contribution >= 0.6 is 0 Å². The molecule has 0 spiro atoms. The Morgan fingerprint density at radius 3 is 2.18 bits per heavy atom. The van der Waals surface area contributed by atoms with Crippen molar-refractivity contribution in [3.63, 3.8) is 0 Å². The van der Waals surface area contributed by atoms with Crippen molar-refractivity contribution < 1.29 is 0 Å². The van der Waals surface area contributed by atoms with Gasteiger partial charge in [-0.05, 0) is 20.3 Å². The fraction of sp³-hybridized carbons (Fsp3) is 0.800. The van der Waals surface area contributed by atoms with Crippen LogP contribution in [-0.2, 0) is 0 Å². The van der Waals surface area contributed by atoms with Gasteiger partial charge in [0.2, 0.25) is 0 Å². The average Bonchev–Trinajstić information content (AvgIpc) is 2.04. The molecular formula is C10H23N. The fourth-order valence-electron chi connectivity index (χ4n) is 0.493. The maximum absolute atomic E-state index is 3.80. The van der Waals surface area contributed by atoms with Crippen molar-refractivity contribution in [1.29, 1.82) is 0 Å². The fourth-order valence-corrected chi connectivity index (χ4v) is 0.493. The molecule has 0 rings (SSSR count). The molecular weight excluding hydrogens is 134 g/mol. The van der Waals surface area contributed by atoms with Crippen LogP contribution in [0.4, 0.5) is 0 Å². The Morgan fingerprint density at radius 1 is 1.45 bits per heavy atom. The summed E-state index contributed by atoms with van der Waals surface area (Å²) in [4.78, 5) is 0. The normalized spacial score (nSPS) is 11.4. The van der Waals surface area contributed by atoms with Gasteiger partial charge < -0.3 is 5.32 Å². The summed E-state index contributed by atoms with van der Waals surface area (Å²) in [5.41, 5.74) is 1.20. The van der Waals surface area contributed by atoms with E-state index < -0.39 is 0 Å². The minimum absolute atomic E-state index is 0.627. The number of hydrogen-bond donors (Lipinski definition) is 1. The Hall–Kier alpha value is -0.300. The van der Waals surface area contributed by atoms with Crippen LogP contribution in [0.1, 0.15) is 41.0 Å². The van der Waals surface area contributed by atoms with Gasteiger partial charge in [-0.1, -0.05) is 32.9 Å². The third-order valence-electron chi connectivity index (χ3n) is 1.36. The van der Waals surface area contributed by atoms with E-state index in [2.05, 4.69) is 25.7 Å². The highest BCUT2D eigenvalue weighted by molar-refractivity contribution is 4.91. The van der Waals surface area contributed by atoms with Gasteiger partial charge in [-0.25, -0.2) is 0 Å². The number of rotatable bonds is 4. The zero-order valence-corrected chi connectivity index (χ0v) is 8.70. The van der Waals surface area contributed by atoms with E-state index >= 15 is 0 Å². The molecule has 1 unspecified atom stereocenters. The number of nitrogens with one attached hydrogen (secondary N) is 1. The van der Waals surface area contributed by atoms with E-state index in [-0.39, 0.29) is 0 Å². The molecule has 1 heteroatoms. The van der Waals surface area contributed by atoms with Crippen molar-refractivity contribution in [1.82, 2.24) is 5.32 Å². The largest absolute Gasteiger partial charge is 0.311 e. The molecule has 0 fully saturated rings. The summed E-state index contributed by atoms with van der Waals surface area (Å²) in [7, 11) is 0. The second kappa shape index (κ2) is 9.70. The molecule has 1 nitrogen and oxygen atoms in total. The lowest BCUT2D eigenvalue weighted by Crippen LogP contribution is -2.26. The zero-order valence-electron chi connectivity index (χ0n) is 8.70. The predicted molar refractivity (Wildman–Crippen MR) is 53.9 cm³/mol. The first-order valence-corrected chi connectivity index (χ1v) is 4.54. The van der Waals surface area contributed by atoms with Crippen LogP contribution in [0, 0.1) is 0 Å². The van der Waals surface area contributed by atoms with Crippen LogP contribution in [0.3, 0.4) is 0 Å². The standard InChI is InChI=1S/C8H17N.C2H6/c1-5-8(4)9-6-7(2)3;1-2/h8-9H,2,5-6H2,1,3-4H3;1-2H3. The molecule has 0 saturated carbocycles. The van der Waals surface area contributed by atoms with Gasteiger partial charge >= 0.3 is 0 Å². The summed E-state index contributed by atoms with van der Waals surface area (Å²) in [5.74, 6) is 0. The highest BCUT2D eigenvalue weighted by atomic mass is 14.9. The van der Waals surface area contributed by atoms with Crippen LogP contribution in [0.25, 0.3) is 0 Å². The Morgan fingerprint density at radius 2 is 1.91 bits per heavy atom.